The van der Waals surface area contributed by atoms with Gasteiger partial charge in [0, 0.05) is 23.5 Å². The Morgan fingerprint density at radius 1 is 0.808 bits per heavy atom. The largest absolute Gasteiger partial charge is 0.491 e. The topological polar surface area (TPSA) is 35.0 Å². The van der Waals surface area contributed by atoms with E-state index in [9.17, 15) is 0 Å². The van der Waals surface area contributed by atoms with Gasteiger partial charge in [0.05, 0.1) is 6.61 Å². The zero-order valence-corrected chi connectivity index (χ0v) is 15.2. The zero-order valence-electron chi connectivity index (χ0n) is 14.4. The molecule has 0 amide bonds. The van der Waals surface area contributed by atoms with Gasteiger partial charge < -0.3 is 4.74 Å². The van der Waals surface area contributed by atoms with E-state index in [0.717, 1.165) is 10.8 Å². The first-order chi connectivity index (χ1) is 11.9. The van der Waals surface area contributed by atoms with Gasteiger partial charge in [0.15, 0.2) is 5.75 Å². The van der Waals surface area contributed by atoms with Crippen molar-refractivity contribution in [2.24, 2.45) is 0 Å². The van der Waals surface area contributed by atoms with Gasteiger partial charge in [-0.2, -0.15) is 0 Å². The minimum Gasteiger partial charge on any atom is -0.491 e. The van der Waals surface area contributed by atoms with Gasteiger partial charge in [0.2, 0.25) is 0 Å². The molecular weight excluding hydrogens is 340 g/mol. The summed E-state index contributed by atoms with van der Waals surface area (Å²) in [7, 11) is 0. The van der Waals surface area contributed by atoms with Crippen LogP contribution in [-0.2, 0) is 0 Å². The Balaban J connectivity index is 0. The van der Waals surface area contributed by atoms with Crippen LogP contribution in [0.15, 0.2) is 89.2 Å². The Kier molecular flexibility index (Phi) is 17.4. The maximum atomic E-state index is 5.53. The predicted molar refractivity (Wildman–Crippen MR) is 115 cm³/mol. The fourth-order valence-corrected chi connectivity index (χ4v) is 2.49. The van der Waals surface area contributed by atoms with Gasteiger partial charge in [-0.15, -0.1) is 0 Å². The van der Waals surface area contributed by atoms with Gasteiger partial charge in [0.1, 0.15) is 5.03 Å². The maximum Gasteiger partial charge on any atom is 0.151 e. The van der Waals surface area contributed by atoms with Gasteiger partial charge in [0.25, 0.3) is 0 Å². The molecule has 26 heavy (non-hydrogen) atoms. The number of pyridine rings is 2. The highest BCUT2D eigenvalue weighted by molar-refractivity contribution is 7.99. The summed E-state index contributed by atoms with van der Waals surface area (Å²) in [5, 5.41) is 0.913. The Morgan fingerprint density at radius 2 is 1.42 bits per heavy atom. The highest BCUT2D eigenvalue weighted by Gasteiger charge is 2.05. The SMILES string of the molecule is C.C.CC.CCOc1cccnc1Sc1ccccc1.c1ccncc1. The van der Waals surface area contributed by atoms with E-state index >= 15 is 0 Å². The van der Waals surface area contributed by atoms with E-state index in [1.807, 2.05) is 69.3 Å². The molecule has 0 aliphatic carbocycles. The summed E-state index contributed by atoms with van der Waals surface area (Å²) in [5.74, 6) is 0.846. The first kappa shape index (κ1) is 25.9. The van der Waals surface area contributed by atoms with Crippen LogP contribution in [-0.4, -0.2) is 16.6 Å². The summed E-state index contributed by atoms with van der Waals surface area (Å²) in [4.78, 5) is 9.28. The van der Waals surface area contributed by atoms with Gasteiger partial charge >= 0.3 is 0 Å². The second-order valence-electron chi connectivity index (χ2n) is 4.18. The molecule has 0 saturated carbocycles. The first-order valence-corrected chi connectivity index (χ1v) is 8.87. The van der Waals surface area contributed by atoms with Crippen LogP contribution in [0, 0.1) is 0 Å². The molecule has 0 N–H and O–H groups in total. The molecule has 2 aromatic heterocycles. The lowest BCUT2D eigenvalue weighted by atomic mass is 10.4. The molecule has 3 nitrogen and oxygen atoms in total. The molecule has 4 heteroatoms. The van der Waals surface area contributed by atoms with Gasteiger partial charge in [-0.25, -0.2) is 4.98 Å². The third-order valence-electron chi connectivity index (χ3n) is 2.56. The molecule has 0 saturated heterocycles. The first-order valence-electron chi connectivity index (χ1n) is 8.06. The van der Waals surface area contributed by atoms with E-state index in [2.05, 4.69) is 22.1 Å². The van der Waals surface area contributed by atoms with Crippen molar-refractivity contribution in [2.45, 2.75) is 45.5 Å². The molecule has 3 aromatic rings. The predicted octanol–water partition coefficient (Wildman–Crippen LogP) is 7.01. The zero-order chi connectivity index (χ0) is 17.5. The van der Waals surface area contributed by atoms with Crippen LogP contribution in [0.4, 0.5) is 0 Å². The van der Waals surface area contributed by atoms with Gasteiger partial charge in [-0.05, 0) is 43.3 Å². The average Bonchev–Trinajstić information content (AvgIpc) is 2.68. The van der Waals surface area contributed by atoms with Gasteiger partial charge in [-0.1, -0.05) is 64.7 Å². The molecule has 142 valence electrons. The molecule has 0 spiro atoms. The van der Waals surface area contributed by atoms with Crippen molar-refractivity contribution in [1.82, 2.24) is 9.97 Å². The smallest absolute Gasteiger partial charge is 0.151 e. The Bertz CT molecular complexity index is 622. The highest BCUT2D eigenvalue weighted by Crippen LogP contribution is 2.32. The lowest BCUT2D eigenvalue weighted by Gasteiger charge is -2.07. The molecule has 0 aliphatic rings. The maximum absolute atomic E-state index is 5.53. The lowest BCUT2D eigenvalue weighted by Crippen LogP contribution is -1.94. The quantitative estimate of drug-likeness (QED) is 0.493. The van der Waals surface area contributed by atoms with Crippen molar-refractivity contribution < 1.29 is 4.74 Å². The van der Waals surface area contributed by atoms with Crippen molar-refractivity contribution in [3.05, 3.63) is 79.3 Å². The number of nitrogens with zero attached hydrogens (tertiary/aromatic N) is 2. The van der Waals surface area contributed by atoms with Crippen molar-refractivity contribution in [1.29, 1.82) is 0 Å². The Labute approximate surface area is 163 Å². The Morgan fingerprint density at radius 3 is 1.92 bits per heavy atom. The molecule has 0 aliphatic heterocycles. The van der Waals surface area contributed by atoms with E-state index in [1.54, 1.807) is 30.4 Å². The monoisotopic (exact) mass is 372 g/mol. The number of benzene rings is 1. The van der Waals surface area contributed by atoms with Crippen LogP contribution in [0.25, 0.3) is 0 Å². The summed E-state index contributed by atoms with van der Waals surface area (Å²) in [6.45, 7) is 6.64. The summed E-state index contributed by atoms with van der Waals surface area (Å²) in [5.41, 5.74) is 0. The van der Waals surface area contributed by atoms with E-state index < -0.39 is 0 Å². The van der Waals surface area contributed by atoms with E-state index in [-0.39, 0.29) is 14.9 Å². The molecule has 2 heterocycles. The highest BCUT2D eigenvalue weighted by atomic mass is 32.2. The van der Waals surface area contributed by atoms with Crippen LogP contribution in [0.3, 0.4) is 0 Å². The van der Waals surface area contributed by atoms with Gasteiger partial charge in [-0.3, -0.25) is 4.98 Å². The molecule has 0 fully saturated rings. The number of hydrogen-bond acceptors (Lipinski definition) is 4. The van der Waals surface area contributed by atoms with E-state index in [4.69, 9.17) is 4.74 Å². The molecule has 0 atom stereocenters. The standard InChI is InChI=1S/C13H13NOS.C5H5N.C2H6.2CH4/c1-2-15-12-9-6-10-14-13(12)16-11-7-4-3-5-8-11;1-2-4-6-5-3-1;1-2;;/h3-10H,2H2,1H3;1-5H;1-2H3;2*1H4. The number of hydrogen-bond donors (Lipinski definition) is 0. The second-order valence-corrected chi connectivity index (χ2v) is 5.24. The average molecular weight is 373 g/mol. The van der Waals surface area contributed by atoms with Crippen LogP contribution < -0.4 is 4.74 Å². The molecular formula is C22H32N2OS. The van der Waals surface area contributed by atoms with Crippen molar-refractivity contribution in [3.63, 3.8) is 0 Å². The van der Waals surface area contributed by atoms with E-state index in [0.29, 0.717) is 6.61 Å². The summed E-state index contributed by atoms with van der Waals surface area (Å²) in [6, 6.07) is 19.7. The van der Waals surface area contributed by atoms with Crippen LogP contribution in [0.1, 0.15) is 35.6 Å². The third kappa shape index (κ3) is 10.5. The number of aromatic nitrogens is 2. The molecule has 3 rings (SSSR count). The fourth-order valence-electron chi connectivity index (χ4n) is 1.63. The van der Waals surface area contributed by atoms with Crippen LogP contribution in [0.5, 0.6) is 5.75 Å². The second kappa shape index (κ2) is 17.5. The van der Waals surface area contributed by atoms with Crippen molar-refractivity contribution in [3.8, 4) is 5.75 Å². The summed E-state index contributed by atoms with van der Waals surface area (Å²) in [6.07, 6.45) is 5.29. The van der Waals surface area contributed by atoms with Crippen LogP contribution >= 0.6 is 11.8 Å². The Hall–Kier alpha value is -2.33. The molecule has 0 radical (unpaired) electrons. The van der Waals surface area contributed by atoms with Crippen molar-refractivity contribution in [2.75, 3.05) is 6.61 Å². The fraction of sp³-hybridized carbons (Fsp3) is 0.273. The van der Waals surface area contributed by atoms with E-state index in [1.165, 1.54) is 4.90 Å². The van der Waals surface area contributed by atoms with Crippen molar-refractivity contribution >= 4 is 11.8 Å². The summed E-state index contributed by atoms with van der Waals surface area (Å²) >= 11 is 1.62. The number of ether oxygens (including phenoxy) is 1. The molecule has 0 unspecified atom stereocenters. The lowest BCUT2D eigenvalue weighted by molar-refractivity contribution is 0.329. The molecule has 1 aromatic carbocycles. The minimum absolute atomic E-state index is 0. The normalized spacial score (nSPS) is 8.27. The minimum atomic E-state index is 0. The molecule has 0 bridgehead atoms. The van der Waals surface area contributed by atoms with Crippen LogP contribution in [0.2, 0.25) is 0 Å². The summed E-state index contributed by atoms with van der Waals surface area (Å²) < 4.78 is 5.53. The number of rotatable bonds is 4. The third-order valence-corrected chi connectivity index (χ3v) is 3.57.